The minimum atomic E-state index is -0.0483. The Morgan fingerprint density at radius 2 is 2.33 bits per heavy atom. The zero-order valence-electron chi connectivity index (χ0n) is 13.8. The smallest absolute Gasteiger partial charge is 0.323 e. The van der Waals surface area contributed by atoms with Crippen molar-refractivity contribution in [2.75, 3.05) is 18.5 Å². The molecule has 2 saturated heterocycles. The predicted octanol–water partition coefficient (Wildman–Crippen LogP) is 3.70. The molecule has 2 fully saturated rings. The van der Waals surface area contributed by atoms with E-state index in [-0.39, 0.29) is 18.2 Å². The number of hydrogen-bond donors (Lipinski definition) is 1. The Hall–Kier alpha value is -1.86. The monoisotopic (exact) mass is 346 g/mol. The first kappa shape index (κ1) is 15.7. The average Bonchev–Trinajstić information content (AvgIpc) is 3.36. The number of aromatic nitrogens is 2. The summed E-state index contributed by atoms with van der Waals surface area (Å²) in [6.07, 6.45) is 4.20. The number of nitrogens with one attached hydrogen (secondary N) is 1. The third-order valence-electron chi connectivity index (χ3n) is 4.78. The largest absolute Gasteiger partial charge is 0.372 e. The lowest BCUT2D eigenvalue weighted by Crippen LogP contribution is -2.34. The van der Waals surface area contributed by atoms with Crippen LogP contribution in [0.5, 0.6) is 0 Å². The fourth-order valence-corrected chi connectivity index (χ4v) is 4.42. The number of amides is 2. The highest BCUT2D eigenvalue weighted by atomic mass is 32.1. The van der Waals surface area contributed by atoms with Crippen molar-refractivity contribution < 1.29 is 9.53 Å². The van der Waals surface area contributed by atoms with Gasteiger partial charge in [0.25, 0.3) is 0 Å². The summed E-state index contributed by atoms with van der Waals surface area (Å²) in [4.78, 5) is 15.9. The number of aryl methyl sites for hydroxylation is 1. The van der Waals surface area contributed by atoms with E-state index in [2.05, 4.69) is 21.9 Å². The van der Waals surface area contributed by atoms with Gasteiger partial charge in [0.05, 0.1) is 11.7 Å². The number of likely N-dealkylation sites (tertiary alicyclic amines) is 1. The summed E-state index contributed by atoms with van der Waals surface area (Å²) >= 11 is 1.72. The number of carbonyl (C=O) groups is 1. The van der Waals surface area contributed by atoms with E-state index < -0.39 is 0 Å². The van der Waals surface area contributed by atoms with Crippen LogP contribution in [0.4, 0.5) is 10.6 Å². The molecule has 2 aromatic rings. The molecule has 0 spiro atoms. The number of carbonyl (C=O) groups excluding carboxylic acids is 1. The SMILES string of the molecule is Cn1nc([C@H]2CCCO2)cc1NC(=O)N1CCC[C@H]1c1cccs1. The first-order valence-electron chi connectivity index (χ1n) is 8.49. The van der Waals surface area contributed by atoms with Crippen molar-refractivity contribution in [2.45, 2.75) is 37.8 Å². The van der Waals surface area contributed by atoms with Crippen LogP contribution >= 0.6 is 11.3 Å². The summed E-state index contributed by atoms with van der Waals surface area (Å²) in [6.45, 7) is 1.59. The molecule has 2 aliphatic rings. The maximum atomic E-state index is 12.8. The Kier molecular flexibility index (Phi) is 4.28. The molecule has 24 heavy (non-hydrogen) atoms. The van der Waals surface area contributed by atoms with Crippen molar-refractivity contribution in [3.63, 3.8) is 0 Å². The molecule has 0 radical (unpaired) electrons. The van der Waals surface area contributed by atoms with E-state index in [0.717, 1.165) is 50.3 Å². The van der Waals surface area contributed by atoms with Crippen molar-refractivity contribution in [2.24, 2.45) is 7.05 Å². The van der Waals surface area contributed by atoms with E-state index in [1.807, 2.05) is 24.1 Å². The molecule has 6 nitrogen and oxygen atoms in total. The van der Waals surface area contributed by atoms with Crippen LogP contribution in [0, 0.1) is 0 Å². The predicted molar refractivity (Wildman–Crippen MR) is 93.2 cm³/mol. The third-order valence-corrected chi connectivity index (χ3v) is 5.75. The number of urea groups is 1. The number of thiophene rings is 1. The minimum Gasteiger partial charge on any atom is -0.372 e. The molecular weight excluding hydrogens is 324 g/mol. The fourth-order valence-electron chi connectivity index (χ4n) is 3.54. The second-order valence-electron chi connectivity index (χ2n) is 6.38. The molecule has 2 amide bonds. The summed E-state index contributed by atoms with van der Waals surface area (Å²) in [5, 5.41) is 9.59. The standard InChI is InChI=1S/C17H22N4O2S/c1-20-16(11-12(19-20)14-6-3-9-23-14)18-17(22)21-8-2-5-13(21)15-7-4-10-24-15/h4,7,10-11,13-14H,2-3,5-6,8-9H2,1H3,(H,18,22)/t13-,14+/m0/s1. The fraction of sp³-hybridized carbons (Fsp3) is 0.529. The van der Waals surface area contributed by atoms with Gasteiger partial charge in [-0.2, -0.15) is 5.10 Å². The van der Waals surface area contributed by atoms with Gasteiger partial charge in [0, 0.05) is 31.1 Å². The molecule has 4 heterocycles. The highest BCUT2D eigenvalue weighted by molar-refractivity contribution is 7.10. The van der Waals surface area contributed by atoms with Crippen LogP contribution in [0.2, 0.25) is 0 Å². The zero-order chi connectivity index (χ0) is 16.5. The molecule has 4 rings (SSSR count). The van der Waals surface area contributed by atoms with Crippen LogP contribution in [-0.2, 0) is 11.8 Å². The highest BCUT2D eigenvalue weighted by Crippen LogP contribution is 2.35. The van der Waals surface area contributed by atoms with Gasteiger partial charge in [-0.1, -0.05) is 6.07 Å². The molecule has 2 aliphatic heterocycles. The van der Waals surface area contributed by atoms with Crippen LogP contribution in [0.15, 0.2) is 23.6 Å². The lowest BCUT2D eigenvalue weighted by atomic mass is 10.2. The summed E-state index contributed by atoms with van der Waals surface area (Å²) < 4.78 is 7.41. The van der Waals surface area contributed by atoms with Crippen LogP contribution in [0.3, 0.4) is 0 Å². The summed E-state index contributed by atoms with van der Waals surface area (Å²) in [7, 11) is 1.86. The topological polar surface area (TPSA) is 59.4 Å². The normalized spacial score (nSPS) is 23.8. The molecule has 7 heteroatoms. The first-order chi connectivity index (χ1) is 11.7. The van der Waals surface area contributed by atoms with Gasteiger partial charge < -0.3 is 9.64 Å². The Morgan fingerprint density at radius 1 is 1.42 bits per heavy atom. The van der Waals surface area contributed by atoms with Crippen LogP contribution < -0.4 is 5.32 Å². The second-order valence-corrected chi connectivity index (χ2v) is 7.36. The first-order valence-corrected chi connectivity index (χ1v) is 9.37. The van der Waals surface area contributed by atoms with Gasteiger partial charge in [-0.05, 0) is 37.1 Å². The number of nitrogens with zero attached hydrogens (tertiary/aromatic N) is 3. The van der Waals surface area contributed by atoms with Gasteiger partial charge in [0.1, 0.15) is 11.9 Å². The van der Waals surface area contributed by atoms with E-state index in [1.54, 1.807) is 16.0 Å². The Labute approximate surface area is 145 Å². The molecule has 0 aliphatic carbocycles. The number of hydrogen-bond acceptors (Lipinski definition) is 4. The van der Waals surface area contributed by atoms with E-state index in [4.69, 9.17) is 4.74 Å². The molecule has 0 aromatic carbocycles. The summed E-state index contributed by atoms with van der Waals surface area (Å²) in [6, 6.07) is 6.23. The maximum Gasteiger partial charge on any atom is 0.323 e. The average molecular weight is 346 g/mol. The molecule has 2 aromatic heterocycles. The Bertz CT molecular complexity index is 706. The summed E-state index contributed by atoms with van der Waals surface area (Å²) in [5.41, 5.74) is 0.904. The summed E-state index contributed by atoms with van der Waals surface area (Å²) in [5.74, 6) is 0.724. The van der Waals surface area contributed by atoms with Crippen molar-refractivity contribution in [3.05, 3.63) is 34.2 Å². The minimum absolute atomic E-state index is 0.0483. The van der Waals surface area contributed by atoms with E-state index in [9.17, 15) is 4.79 Å². The highest BCUT2D eigenvalue weighted by Gasteiger charge is 2.31. The van der Waals surface area contributed by atoms with Gasteiger partial charge in [0.2, 0.25) is 0 Å². The third kappa shape index (κ3) is 2.93. The van der Waals surface area contributed by atoms with Crippen molar-refractivity contribution in [3.8, 4) is 0 Å². The second kappa shape index (κ2) is 6.57. The van der Waals surface area contributed by atoms with Gasteiger partial charge in [-0.25, -0.2) is 4.79 Å². The van der Waals surface area contributed by atoms with E-state index >= 15 is 0 Å². The van der Waals surface area contributed by atoms with E-state index in [0.29, 0.717) is 0 Å². The van der Waals surface area contributed by atoms with Crippen LogP contribution in [0.1, 0.15) is 48.4 Å². The van der Waals surface area contributed by atoms with Gasteiger partial charge >= 0.3 is 6.03 Å². The van der Waals surface area contributed by atoms with Crippen LogP contribution in [-0.4, -0.2) is 33.9 Å². The number of rotatable bonds is 3. The lowest BCUT2D eigenvalue weighted by molar-refractivity contribution is 0.108. The van der Waals surface area contributed by atoms with Crippen molar-refractivity contribution in [1.29, 1.82) is 0 Å². The molecular formula is C17H22N4O2S. The number of anilines is 1. The molecule has 128 valence electrons. The Morgan fingerprint density at radius 3 is 3.08 bits per heavy atom. The van der Waals surface area contributed by atoms with Crippen molar-refractivity contribution in [1.82, 2.24) is 14.7 Å². The van der Waals surface area contributed by atoms with Gasteiger partial charge in [-0.15, -0.1) is 11.3 Å². The molecule has 1 N–H and O–H groups in total. The Balaban J connectivity index is 1.47. The van der Waals surface area contributed by atoms with Crippen LogP contribution in [0.25, 0.3) is 0 Å². The number of ether oxygens (including phenoxy) is 1. The van der Waals surface area contributed by atoms with E-state index in [1.165, 1.54) is 4.88 Å². The quantitative estimate of drug-likeness (QED) is 0.922. The molecule has 0 unspecified atom stereocenters. The molecule has 2 atom stereocenters. The molecule has 0 saturated carbocycles. The van der Waals surface area contributed by atoms with Gasteiger partial charge in [-0.3, -0.25) is 10.00 Å². The van der Waals surface area contributed by atoms with Crippen molar-refractivity contribution >= 4 is 23.2 Å². The maximum absolute atomic E-state index is 12.8. The molecule has 0 bridgehead atoms. The van der Waals surface area contributed by atoms with Gasteiger partial charge in [0.15, 0.2) is 0 Å². The lowest BCUT2D eigenvalue weighted by Gasteiger charge is -2.24. The zero-order valence-corrected chi connectivity index (χ0v) is 14.6.